The fraction of sp³-hybridized carbons (Fsp3) is 0.368. The van der Waals surface area contributed by atoms with E-state index in [-0.39, 0.29) is 0 Å². The maximum absolute atomic E-state index is 13.8. The highest BCUT2D eigenvalue weighted by atomic mass is 19.1. The number of rotatable bonds is 5. The average molecular weight is 347 g/mol. The standard InChI is InChI=1S/C19H22FNO4/c1-5-13-16(18(22)24-3)15(11-8-7-9-12(20)10-11)17(19(23)25-4)14(6-2)21-13/h7-10,15,21H,5-6H2,1-4H3. The van der Waals surface area contributed by atoms with E-state index in [2.05, 4.69) is 5.32 Å². The summed E-state index contributed by atoms with van der Waals surface area (Å²) in [6.07, 6.45) is 1.07. The van der Waals surface area contributed by atoms with Crippen molar-refractivity contribution in [2.45, 2.75) is 32.6 Å². The summed E-state index contributed by atoms with van der Waals surface area (Å²) in [5, 5.41) is 3.16. The number of methoxy groups -OCH3 is 2. The van der Waals surface area contributed by atoms with E-state index < -0.39 is 23.7 Å². The second kappa shape index (κ2) is 7.96. The highest BCUT2D eigenvalue weighted by Gasteiger charge is 2.38. The van der Waals surface area contributed by atoms with Gasteiger partial charge in [-0.05, 0) is 30.5 Å². The van der Waals surface area contributed by atoms with Gasteiger partial charge in [-0.3, -0.25) is 0 Å². The molecule has 0 amide bonds. The molecule has 1 aliphatic heterocycles. The van der Waals surface area contributed by atoms with Crippen LogP contribution in [0.2, 0.25) is 0 Å². The number of esters is 2. The molecule has 1 aromatic carbocycles. The molecule has 6 heteroatoms. The third-order valence-corrected chi connectivity index (χ3v) is 4.23. The summed E-state index contributed by atoms with van der Waals surface area (Å²) in [4.78, 5) is 24.9. The lowest BCUT2D eigenvalue weighted by atomic mass is 9.79. The first-order valence-electron chi connectivity index (χ1n) is 8.13. The fourth-order valence-electron chi connectivity index (χ4n) is 3.09. The third kappa shape index (κ3) is 3.57. The first-order chi connectivity index (χ1) is 12.0. The Morgan fingerprint density at radius 1 is 1.04 bits per heavy atom. The molecule has 0 fully saturated rings. The Hall–Kier alpha value is -2.63. The van der Waals surface area contributed by atoms with Crippen molar-refractivity contribution in [2.75, 3.05) is 14.2 Å². The van der Waals surface area contributed by atoms with E-state index in [0.717, 1.165) is 0 Å². The molecule has 0 spiro atoms. The zero-order valence-electron chi connectivity index (χ0n) is 14.8. The maximum atomic E-state index is 13.8. The highest BCUT2D eigenvalue weighted by molar-refractivity contribution is 5.99. The Kier molecular flexibility index (Phi) is 5.96. The van der Waals surface area contributed by atoms with Crippen LogP contribution in [0.15, 0.2) is 46.8 Å². The van der Waals surface area contributed by atoms with Gasteiger partial charge >= 0.3 is 11.9 Å². The summed E-state index contributed by atoms with van der Waals surface area (Å²) in [5.41, 5.74) is 2.41. The Bertz CT molecular complexity index is 712. The fourth-order valence-corrected chi connectivity index (χ4v) is 3.09. The van der Waals surface area contributed by atoms with Crippen LogP contribution in [0.5, 0.6) is 0 Å². The molecule has 0 aromatic heterocycles. The quantitative estimate of drug-likeness (QED) is 0.829. The first-order valence-corrected chi connectivity index (χ1v) is 8.13. The minimum Gasteiger partial charge on any atom is -0.466 e. The second-order valence-electron chi connectivity index (χ2n) is 5.59. The van der Waals surface area contributed by atoms with Crippen LogP contribution < -0.4 is 5.32 Å². The van der Waals surface area contributed by atoms with Gasteiger partial charge in [0.05, 0.1) is 31.3 Å². The molecule has 0 atom stereocenters. The van der Waals surface area contributed by atoms with Crippen molar-refractivity contribution in [2.24, 2.45) is 0 Å². The Balaban J connectivity index is 2.77. The van der Waals surface area contributed by atoms with E-state index in [4.69, 9.17) is 9.47 Å². The summed E-state index contributed by atoms with van der Waals surface area (Å²) >= 11 is 0. The molecular weight excluding hydrogens is 325 g/mol. The second-order valence-corrected chi connectivity index (χ2v) is 5.59. The molecule has 1 aromatic rings. The number of halogens is 1. The van der Waals surface area contributed by atoms with Crippen LogP contribution in [0.25, 0.3) is 0 Å². The number of nitrogens with one attached hydrogen (secondary N) is 1. The van der Waals surface area contributed by atoms with Crippen molar-refractivity contribution in [1.29, 1.82) is 0 Å². The first kappa shape index (κ1) is 18.7. The van der Waals surface area contributed by atoms with Crippen molar-refractivity contribution >= 4 is 11.9 Å². The molecule has 1 heterocycles. The van der Waals surface area contributed by atoms with Crippen molar-refractivity contribution in [3.8, 4) is 0 Å². The minimum absolute atomic E-state index is 0.299. The molecule has 0 saturated carbocycles. The molecule has 1 aliphatic rings. The largest absolute Gasteiger partial charge is 0.466 e. The van der Waals surface area contributed by atoms with Gasteiger partial charge < -0.3 is 14.8 Å². The monoisotopic (exact) mass is 347 g/mol. The number of dihydropyridines is 1. The lowest BCUT2D eigenvalue weighted by molar-refractivity contribution is -0.137. The lowest BCUT2D eigenvalue weighted by Gasteiger charge is -2.31. The molecule has 25 heavy (non-hydrogen) atoms. The van der Waals surface area contributed by atoms with Gasteiger partial charge in [-0.2, -0.15) is 0 Å². The SMILES string of the molecule is CCC1=C(C(=O)OC)C(c2cccc(F)c2)C(C(=O)OC)=C(CC)N1. The molecule has 0 bridgehead atoms. The van der Waals surface area contributed by atoms with Crippen LogP contribution in [0, 0.1) is 5.82 Å². The Morgan fingerprint density at radius 3 is 1.96 bits per heavy atom. The van der Waals surface area contributed by atoms with Gasteiger partial charge in [-0.1, -0.05) is 26.0 Å². The molecule has 0 aliphatic carbocycles. The van der Waals surface area contributed by atoms with Gasteiger partial charge in [0.15, 0.2) is 0 Å². The van der Waals surface area contributed by atoms with Gasteiger partial charge in [0.2, 0.25) is 0 Å². The highest BCUT2D eigenvalue weighted by Crippen LogP contribution is 2.40. The van der Waals surface area contributed by atoms with Crippen molar-refractivity contribution in [3.63, 3.8) is 0 Å². The number of benzene rings is 1. The number of ether oxygens (including phenoxy) is 2. The maximum Gasteiger partial charge on any atom is 0.336 e. The predicted octanol–water partition coefficient (Wildman–Crippen LogP) is 3.19. The normalized spacial score (nSPS) is 15.1. The average Bonchev–Trinajstić information content (AvgIpc) is 2.64. The van der Waals surface area contributed by atoms with Crippen LogP contribution in [-0.4, -0.2) is 26.2 Å². The summed E-state index contributed by atoms with van der Waals surface area (Å²) < 4.78 is 23.7. The summed E-state index contributed by atoms with van der Waals surface area (Å²) in [6, 6.07) is 5.87. The van der Waals surface area contributed by atoms with E-state index >= 15 is 0 Å². The molecule has 5 nitrogen and oxygen atoms in total. The summed E-state index contributed by atoms with van der Waals surface area (Å²) in [5.74, 6) is -2.31. The number of hydrogen-bond donors (Lipinski definition) is 1. The number of allylic oxidation sites excluding steroid dienone is 2. The molecule has 1 N–H and O–H groups in total. The Labute approximate surface area is 146 Å². The molecule has 0 radical (unpaired) electrons. The van der Waals surface area contributed by atoms with E-state index in [1.54, 1.807) is 12.1 Å². The van der Waals surface area contributed by atoms with Crippen molar-refractivity contribution < 1.29 is 23.5 Å². The van der Waals surface area contributed by atoms with E-state index in [1.165, 1.54) is 26.4 Å². The van der Waals surface area contributed by atoms with E-state index in [0.29, 0.717) is 40.9 Å². The zero-order valence-corrected chi connectivity index (χ0v) is 14.8. The predicted molar refractivity (Wildman–Crippen MR) is 90.9 cm³/mol. The van der Waals surface area contributed by atoms with Gasteiger partial charge in [-0.15, -0.1) is 0 Å². The van der Waals surface area contributed by atoms with Crippen LogP contribution >= 0.6 is 0 Å². The van der Waals surface area contributed by atoms with Crippen molar-refractivity contribution in [3.05, 3.63) is 58.2 Å². The third-order valence-electron chi connectivity index (χ3n) is 4.23. The molecule has 0 saturated heterocycles. The summed E-state index contributed by atoms with van der Waals surface area (Å²) in [7, 11) is 2.56. The molecular formula is C19H22FNO4. The molecule has 0 unspecified atom stereocenters. The van der Waals surface area contributed by atoms with Gasteiger partial charge in [0.1, 0.15) is 5.82 Å². The smallest absolute Gasteiger partial charge is 0.336 e. The number of carbonyl (C=O) groups is 2. The molecule has 134 valence electrons. The van der Waals surface area contributed by atoms with Gasteiger partial charge in [0, 0.05) is 11.4 Å². The minimum atomic E-state index is -0.748. The topological polar surface area (TPSA) is 64.6 Å². The number of hydrogen-bond acceptors (Lipinski definition) is 5. The van der Waals surface area contributed by atoms with Crippen LogP contribution in [0.1, 0.15) is 38.2 Å². The van der Waals surface area contributed by atoms with Gasteiger partial charge in [0.25, 0.3) is 0 Å². The Morgan fingerprint density at radius 2 is 1.56 bits per heavy atom. The molecule has 2 rings (SSSR count). The van der Waals surface area contributed by atoms with E-state index in [1.807, 2.05) is 13.8 Å². The zero-order chi connectivity index (χ0) is 18.6. The van der Waals surface area contributed by atoms with Crippen LogP contribution in [0.3, 0.4) is 0 Å². The van der Waals surface area contributed by atoms with E-state index in [9.17, 15) is 14.0 Å². The van der Waals surface area contributed by atoms with Crippen LogP contribution in [0.4, 0.5) is 4.39 Å². The number of carbonyl (C=O) groups excluding carboxylic acids is 2. The van der Waals surface area contributed by atoms with Crippen molar-refractivity contribution in [1.82, 2.24) is 5.32 Å². The van der Waals surface area contributed by atoms with Crippen LogP contribution in [-0.2, 0) is 19.1 Å². The lowest BCUT2D eigenvalue weighted by Crippen LogP contribution is -2.33. The van der Waals surface area contributed by atoms with Gasteiger partial charge in [-0.25, -0.2) is 14.0 Å². The summed E-state index contributed by atoms with van der Waals surface area (Å²) in [6.45, 7) is 3.79.